The van der Waals surface area contributed by atoms with E-state index in [1.54, 1.807) is 18.3 Å². The zero-order valence-electron chi connectivity index (χ0n) is 15.4. The molecule has 5 nitrogen and oxygen atoms in total. The lowest BCUT2D eigenvalue weighted by molar-refractivity contribution is 0.102. The van der Waals surface area contributed by atoms with Crippen molar-refractivity contribution in [3.8, 4) is 5.75 Å². The van der Waals surface area contributed by atoms with Crippen LogP contribution in [0.4, 0.5) is 26.0 Å². The quantitative estimate of drug-likeness (QED) is 0.618. The van der Waals surface area contributed by atoms with Crippen LogP contribution in [0.2, 0.25) is 0 Å². The first-order chi connectivity index (χ1) is 13.4. The number of amides is 1. The Morgan fingerprint density at radius 1 is 0.964 bits per heavy atom. The fourth-order valence-electron chi connectivity index (χ4n) is 2.42. The smallest absolute Gasteiger partial charge is 0.256 e. The van der Waals surface area contributed by atoms with Crippen LogP contribution >= 0.6 is 0 Å². The van der Waals surface area contributed by atoms with Crippen LogP contribution in [0, 0.1) is 11.6 Å². The lowest BCUT2D eigenvalue weighted by Crippen LogP contribution is -2.13. The Labute approximate surface area is 161 Å². The maximum absolute atomic E-state index is 13.2. The van der Waals surface area contributed by atoms with Gasteiger partial charge < -0.3 is 15.4 Å². The summed E-state index contributed by atoms with van der Waals surface area (Å²) >= 11 is 0. The summed E-state index contributed by atoms with van der Waals surface area (Å²) in [6.45, 7) is 3.93. The van der Waals surface area contributed by atoms with E-state index in [2.05, 4.69) is 15.6 Å². The van der Waals surface area contributed by atoms with Crippen LogP contribution in [-0.4, -0.2) is 17.0 Å². The maximum atomic E-state index is 13.2. The molecule has 0 atom stereocenters. The highest BCUT2D eigenvalue weighted by atomic mass is 19.2. The second kappa shape index (κ2) is 8.47. The maximum Gasteiger partial charge on any atom is 0.256 e. The zero-order valence-corrected chi connectivity index (χ0v) is 15.4. The van der Waals surface area contributed by atoms with Crippen LogP contribution < -0.4 is 15.4 Å². The van der Waals surface area contributed by atoms with Crippen molar-refractivity contribution >= 4 is 23.1 Å². The Kier molecular flexibility index (Phi) is 5.84. The lowest BCUT2D eigenvalue weighted by Gasteiger charge is -2.11. The topological polar surface area (TPSA) is 63.2 Å². The van der Waals surface area contributed by atoms with Gasteiger partial charge in [-0.15, -0.1) is 0 Å². The number of hydrogen-bond donors (Lipinski definition) is 2. The second-order valence-corrected chi connectivity index (χ2v) is 6.33. The Morgan fingerprint density at radius 2 is 1.68 bits per heavy atom. The minimum absolute atomic E-state index is 0.00612. The highest BCUT2D eigenvalue weighted by Crippen LogP contribution is 2.21. The number of nitrogens with zero attached hydrogens (tertiary/aromatic N) is 1. The minimum Gasteiger partial charge on any atom is -0.491 e. The summed E-state index contributed by atoms with van der Waals surface area (Å²) in [6.07, 6.45) is 1.66. The Bertz CT molecular complexity index is 958. The van der Waals surface area contributed by atoms with Crippen molar-refractivity contribution in [3.05, 3.63) is 78.0 Å². The number of ether oxygens (including phenoxy) is 1. The number of carbonyl (C=O) groups is 1. The lowest BCUT2D eigenvalue weighted by atomic mass is 10.2. The molecule has 1 amide bonds. The van der Waals surface area contributed by atoms with Crippen LogP contribution in [-0.2, 0) is 0 Å². The molecule has 0 bridgehead atoms. The molecular formula is C21H19F2N3O2. The van der Waals surface area contributed by atoms with Gasteiger partial charge in [-0.25, -0.2) is 13.8 Å². The van der Waals surface area contributed by atoms with Gasteiger partial charge in [-0.2, -0.15) is 0 Å². The molecule has 2 aromatic carbocycles. The molecule has 0 unspecified atom stereocenters. The van der Waals surface area contributed by atoms with Crippen molar-refractivity contribution in [1.29, 1.82) is 0 Å². The molecule has 0 aliphatic rings. The third kappa shape index (κ3) is 5.03. The first-order valence-electron chi connectivity index (χ1n) is 8.67. The molecule has 144 valence electrons. The van der Waals surface area contributed by atoms with Gasteiger partial charge in [0.15, 0.2) is 11.6 Å². The van der Waals surface area contributed by atoms with Crippen molar-refractivity contribution in [2.24, 2.45) is 0 Å². The molecule has 0 saturated carbocycles. The van der Waals surface area contributed by atoms with E-state index >= 15 is 0 Å². The number of anilines is 3. The SMILES string of the molecule is CC(C)Oc1ccc(Nc2ccc(NC(=O)c3ccc(F)c(F)c3)nc2)cc1. The molecule has 3 rings (SSSR count). The number of benzene rings is 2. The summed E-state index contributed by atoms with van der Waals surface area (Å²) in [5, 5.41) is 5.73. The molecule has 28 heavy (non-hydrogen) atoms. The number of rotatable bonds is 6. The van der Waals surface area contributed by atoms with Gasteiger partial charge in [-0.3, -0.25) is 4.79 Å². The van der Waals surface area contributed by atoms with Crippen LogP contribution in [0.5, 0.6) is 5.75 Å². The molecule has 0 spiro atoms. The van der Waals surface area contributed by atoms with E-state index in [0.717, 1.165) is 29.3 Å². The summed E-state index contributed by atoms with van der Waals surface area (Å²) < 4.78 is 31.8. The zero-order chi connectivity index (χ0) is 20.1. The molecule has 0 aliphatic heterocycles. The molecule has 7 heteroatoms. The highest BCUT2D eigenvalue weighted by Gasteiger charge is 2.10. The van der Waals surface area contributed by atoms with Gasteiger partial charge in [0.1, 0.15) is 11.6 Å². The van der Waals surface area contributed by atoms with E-state index in [4.69, 9.17) is 4.74 Å². The molecule has 2 N–H and O–H groups in total. The fourth-order valence-corrected chi connectivity index (χ4v) is 2.42. The monoisotopic (exact) mass is 383 g/mol. The average molecular weight is 383 g/mol. The third-order valence-corrected chi connectivity index (χ3v) is 3.70. The fraction of sp³-hybridized carbons (Fsp3) is 0.143. The van der Waals surface area contributed by atoms with Crippen LogP contribution in [0.1, 0.15) is 24.2 Å². The Morgan fingerprint density at radius 3 is 2.29 bits per heavy atom. The van der Waals surface area contributed by atoms with E-state index in [-0.39, 0.29) is 11.7 Å². The Hall–Kier alpha value is -3.48. The van der Waals surface area contributed by atoms with Crippen LogP contribution in [0.25, 0.3) is 0 Å². The van der Waals surface area contributed by atoms with E-state index in [1.165, 1.54) is 6.07 Å². The van der Waals surface area contributed by atoms with Gasteiger partial charge in [-0.1, -0.05) is 0 Å². The molecule has 0 aliphatic carbocycles. The Balaban J connectivity index is 1.61. The summed E-state index contributed by atoms with van der Waals surface area (Å²) in [4.78, 5) is 16.2. The normalized spacial score (nSPS) is 10.6. The van der Waals surface area contributed by atoms with Crippen molar-refractivity contribution in [2.45, 2.75) is 20.0 Å². The molecule has 0 fully saturated rings. The highest BCUT2D eigenvalue weighted by molar-refractivity contribution is 6.03. The molecule has 0 saturated heterocycles. The number of carbonyl (C=O) groups excluding carboxylic acids is 1. The molecule has 3 aromatic rings. The number of halogens is 2. The third-order valence-electron chi connectivity index (χ3n) is 3.70. The predicted molar refractivity (Wildman–Crippen MR) is 104 cm³/mol. The van der Waals surface area contributed by atoms with Gasteiger partial charge in [0, 0.05) is 11.3 Å². The summed E-state index contributed by atoms with van der Waals surface area (Å²) in [7, 11) is 0. The number of hydrogen-bond acceptors (Lipinski definition) is 4. The summed E-state index contributed by atoms with van der Waals surface area (Å²) in [5.41, 5.74) is 1.59. The summed E-state index contributed by atoms with van der Waals surface area (Å²) in [5.74, 6) is -1.58. The van der Waals surface area contributed by atoms with Crippen LogP contribution in [0.3, 0.4) is 0 Å². The molecular weight excluding hydrogens is 364 g/mol. The van der Waals surface area contributed by atoms with Crippen LogP contribution in [0.15, 0.2) is 60.8 Å². The van der Waals surface area contributed by atoms with Crippen molar-refractivity contribution < 1.29 is 18.3 Å². The molecule has 1 heterocycles. The van der Waals surface area contributed by atoms with Gasteiger partial charge in [-0.05, 0) is 68.4 Å². The van der Waals surface area contributed by atoms with E-state index in [9.17, 15) is 13.6 Å². The average Bonchev–Trinajstić information content (AvgIpc) is 2.66. The van der Waals surface area contributed by atoms with Crippen molar-refractivity contribution in [1.82, 2.24) is 4.98 Å². The number of pyridine rings is 1. The standard InChI is InChI=1S/C21H19F2N3O2/c1-13(2)28-17-7-4-15(5-8-17)25-16-6-10-20(24-12-16)26-21(27)14-3-9-18(22)19(23)11-14/h3-13,25H,1-2H3,(H,24,26,27). The van der Waals surface area contributed by atoms with Crippen molar-refractivity contribution in [2.75, 3.05) is 10.6 Å². The van der Waals surface area contributed by atoms with E-state index < -0.39 is 17.5 Å². The van der Waals surface area contributed by atoms with Gasteiger partial charge in [0.25, 0.3) is 5.91 Å². The van der Waals surface area contributed by atoms with E-state index in [0.29, 0.717) is 5.82 Å². The van der Waals surface area contributed by atoms with Gasteiger partial charge >= 0.3 is 0 Å². The first-order valence-corrected chi connectivity index (χ1v) is 8.67. The minimum atomic E-state index is -1.08. The first kappa shape index (κ1) is 19.3. The largest absolute Gasteiger partial charge is 0.491 e. The predicted octanol–water partition coefficient (Wildman–Crippen LogP) is 5.14. The second-order valence-electron chi connectivity index (χ2n) is 6.33. The van der Waals surface area contributed by atoms with E-state index in [1.807, 2.05) is 38.1 Å². The van der Waals surface area contributed by atoms with Gasteiger partial charge in [0.05, 0.1) is 18.0 Å². The van der Waals surface area contributed by atoms with Gasteiger partial charge in [0.2, 0.25) is 0 Å². The molecule has 0 radical (unpaired) electrons. The summed E-state index contributed by atoms with van der Waals surface area (Å²) in [6, 6.07) is 13.8. The van der Waals surface area contributed by atoms with Crippen molar-refractivity contribution in [3.63, 3.8) is 0 Å². The number of aromatic nitrogens is 1. The molecule has 1 aromatic heterocycles. The number of nitrogens with one attached hydrogen (secondary N) is 2.